The van der Waals surface area contributed by atoms with E-state index in [0.717, 1.165) is 0 Å². The van der Waals surface area contributed by atoms with Crippen LogP contribution in [-0.4, -0.2) is 47.8 Å². The highest BCUT2D eigenvalue weighted by Crippen LogP contribution is 2.22. The molecule has 2 aromatic carbocycles. The van der Waals surface area contributed by atoms with Gasteiger partial charge in [-0.05, 0) is 104 Å². The highest BCUT2D eigenvalue weighted by Gasteiger charge is 2.10. The fraction of sp³-hybridized carbons (Fsp3) is 0.467. The van der Waals surface area contributed by atoms with Gasteiger partial charge in [-0.25, -0.2) is 0 Å². The summed E-state index contributed by atoms with van der Waals surface area (Å²) >= 11 is 0. The van der Waals surface area contributed by atoms with Crippen molar-refractivity contribution in [3.8, 4) is 11.5 Å². The van der Waals surface area contributed by atoms with Crippen molar-refractivity contribution in [3.05, 3.63) is 59.7 Å². The predicted octanol–water partition coefficient (Wildman–Crippen LogP) is 4.57. The number of carbonyl (C=O) groups is 4. The standard InChI is InChI=1S/C20H24N2O3.C10H20N2O2/c1-13(2)21-19(23)15-5-9-17(10-6-15)25-18-11-7-16(8-12-18)20(24)22-14(3)4;1-7(2)11-9(13)5-6-10(14)12-8(3)4/h5-14H,1-4H3,(H,21,23)(H,22,24);7-8H,5-6H2,1-4H3,(H,11,13)(H,12,14). The summed E-state index contributed by atoms with van der Waals surface area (Å²) in [5, 5.41) is 11.1. The van der Waals surface area contributed by atoms with Gasteiger partial charge in [0.1, 0.15) is 11.5 Å². The second-order valence-corrected chi connectivity index (χ2v) is 10.4. The van der Waals surface area contributed by atoms with Crippen LogP contribution in [0, 0.1) is 0 Å². The number of nitrogens with one attached hydrogen (secondary N) is 4. The molecule has 0 aliphatic carbocycles. The Bertz CT molecular complexity index is 976. The molecule has 0 aromatic heterocycles. The highest BCUT2D eigenvalue weighted by molar-refractivity contribution is 5.95. The van der Waals surface area contributed by atoms with Crippen LogP contribution < -0.4 is 26.0 Å². The lowest BCUT2D eigenvalue weighted by Gasteiger charge is -2.10. The smallest absolute Gasteiger partial charge is 0.251 e. The average Bonchev–Trinajstić information content (AvgIpc) is 2.82. The van der Waals surface area contributed by atoms with Gasteiger partial charge in [0.2, 0.25) is 11.8 Å². The topological polar surface area (TPSA) is 126 Å². The number of ether oxygens (including phenoxy) is 1. The third-order valence-electron chi connectivity index (χ3n) is 4.79. The van der Waals surface area contributed by atoms with E-state index in [-0.39, 0.29) is 60.6 Å². The zero-order valence-corrected chi connectivity index (χ0v) is 24.4. The van der Waals surface area contributed by atoms with Crippen LogP contribution in [0.25, 0.3) is 0 Å². The molecule has 0 unspecified atom stereocenters. The van der Waals surface area contributed by atoms with Crippen LogP contribution in [0.15, 0.2) is 48.5 Å². The Balaban J connectivity index is 0.000000464. The number of benzene rings is 2. The van der Waals surface area contributed by atoms with E-state index in [1.165, 1.54) is 0 Å². The Morgan fingerprint density at radius 1 is 0.513 bits per heavy atom. The second kappa shape index (κ2) is 16.9. The third-order valence-corrected chi connectivity index (χ3v) is 4.79. The molecule has 0 aliphatic rings. The molecule has 4 amide bonds. The zero-order chi connectivity index (χ0) is 29.5. The van der Waals surface area contributed by atoms with E-state index in [1.807, 2.05) is 55.4 Å². The summed E-state index contributed by atoms with van der Waals surface area (Å²) in [6, 6.07) is 14.3. The third kappa shape index (κ3) is 14.6. The lowest BCUT2D eigenvalue weighted by molar-refractivity contribution is -0.127. The van der Waals surface area contributed by atoms with E-state index in [1.54, 1.807) is 48.5 Å². The lowest BCUT2D eigenvalue weighted by atomic mass is 10.2. The number of carbonyl (C=O) groups excluding carboxylic acids is 4. The Hall–Kier alpha value is -3.88. The summed E-state index contributed by atoms with van der Waals surface area (Å²) in [6.45, 7) is 15.2. The largest absolute Gasteiger partial charge is 0.457 e. The average molecular weight is 541 g/mol. The molecule has 0 saturated heterocycles. The number of hydrogen-bond donors (Lipinski definition) is 4. The molecule has 39 heavy (non-hydrogen) atoms. The van der Waals surface area contributed by atoms with E-state index in [0.29, 0.717) is 22.6 Å². The molecule has 0 spiro atoms. The minimum absolute atomic E-state index is 0.0705. The van der Waals surface area contributed by atoms with Gasteiger partial charge in [-0.15, -0.1) is 0 Å². The molecule has 9 nitrogen and oxygen atoms in total. The van der Waals surface area contributed by atoms with Crippen LogP contribution in [0.4, 0.5) is 0 Å². The maximum absolute atomic E-state index is 11.9. The first kappa shape index (κ1) is 33.1. The van der Waals surface area contributed by atoms with Crippen LogP contribution in [-0.2, 0) is 9.59 Å². The van der Waals surface area contributed by atoms with Crippen molar-refractivity contribution < 1.29 is 23.9 Å². The first-order valence-electron chi connectivity index (χ1n) is 13.3. The molecule has 0 heterocycles. The fourth-order valence-electron chi connectivity index (χ4n) is 3.19. The van der Waals surface area contributed by atoms with E-state index in [2.05, 4.69) is 21.3 Å². The monoisotopic (exact) mass is 540 g/mol. The van der Waals surface area contributed by atoms with Gasteiger partial charge in [-0.3, -0.25) is 19.2 Å². The van der Waals surface area contributed by atoms with Crippen molar-refractivity contribution in [1.82, 2.24) is 21.3 Å². The Kier molecular flexibility index (Phi) is 14.3. The molecule has 2 aromatic rings. The molecule has 0 radical (unpaired) electrons. The van der Waals surface area contributed by atoms with E-state index >= 15 is 0 Å². The van der Waals surface area contributed by atoms with Crippen molar-refractivity contribution in [2.24, 2.45) is 0 Å². The Labute approximate surface area is 232 Å². The molecule has 9 heteroatoms. The molecular formula is C30H44N4O5. The van der Waals surface area contributed by atoms with Gasteiger partial charge in [0.15, 0.2) is 0 Å². The van der Waals surface area contributed by atoms with E-state index < -0.39 is 0 Å². The lowest BCUT2D eigenvalue weighted by Crippen LogP contribution is -2.33. The molecule has 0 saturated carbocycles. The Morgan fingerprint density at radius 3 is 1.05 bits per heavy atom. The molecule has 0 fully saturated rings. The van der Waals surface area contributed by atoms with E-state index in [9.17, 15) is 19.2 Å². The molecule has 4 N–H and O–H groups in total. The van der Waals surface area contributed by atoms with Gasteiger partial charge in [-0.1, -0.05) is 0 Å². The molecular weight excluding hydrogens is 496 g/mol. The van der Waals surface area contributed by atoms with Crippen LogP contribution in [0.3, 0.4) is 0 Å². The minimum atomic E-state index is -0.109. The molecule has 0 aliphatic heterocycles. The molecule has 2 rings (SSSR count). The summed E-state index contributed by atoms with van der Waals surface area (Å²) in [6.07, 6.45) is 0.521. The SMILES string of the molecule is CC(C)NC(=O)CCC(=O)NC(C)C.CC(C)NC(=O)c1ccc(Oc2ccc(C(=O)NC(C)C)cc2)cc1. The number of amides is 4. The van der Waals surface area contributed by atoms with Crippen LogP contribution in [0.2, 0.25) is 0 Å². The zero-order valence-electron chi connectivity index (χ0n) is 24.4. The molecule has 214 valence electrons. The van der Waals surface area contributed by atoms with Crippen LogP contribution >= 0.6 is 0 Å². The van der Waals surface area contributed by atoms with Gasteiger partial charge in [0, 0.05) is 48.1 Å². The Morgan fingerprint density at radius 2 is 0.795 bits per heavy atom. The quantitative estimate of drug-likeness (QED) is 0.332. The van der Waals surface area contributed by atoms with Crippen molar-refractivity contribution in [1.29, 1.82) is 0 Å². The fourth-order valence-corrected chi connectivity index (χ4v) is 3.19. The van der Waals surface area contributed by atoms with Gasteiger partial charge in [0.05, 0.1) is 0 Å². The summed E-state index contributed by atoms with van der Waals surface area (Å²) in [4.78, 5) is 46.1. The summed E-state index contributed by atoms with van der Waals surface area (Å²) < 4.78 is 5.75. The molecule has 0 bridgehead atoms. The van der Waals surface area contributed by atoms with E-state index in [4.69, 9.17) is 4.74 Å². The summed E-state index contributed by atoms with van der Waals surface area (Å²) in [5.74, 6) is 0.892. The minimum Gasteiger partial charge on any atom is -0.457 e. The normalized spacial score (nSPS) is 10.6. The number of hydrogen-bond acceptors (Lipinski definition) is 5. The molecule has 0 atom stereocenters. The summed E-state index contributed by atoms with van der Waals surface area (Å²) in [5.41, 5.74) is 1.17. The highest BCUT2D eigenvalue weighted by atomic mass is 16.5. The maximum Gasteiger partial charge on any atom is 0.251 e. The second-order valence-electron chi connectivity index (χ2n) is 10.4. The first-order chi connectivity index (χ1) is 18.3. The van der Waals surface area contributed by atoms with Gasteiger partial charge >= 0.3 is 0 Å². The van der Waals surface area contributed by atoms with Crippen molar-refractivity contribution in [2.75, 3.05) is 0 Å². The summed E-state index contributed by atoms with van der Waals surface area (Å²) in [7, 11) is 0. The predicted molar refractivity (Wildman–Crippen MR) is 154 cm³/mol. The van der Waals surface area contributed by atoms with Gasteiger partial charge in [0.25, 0.3) is 11.8 Å². The van der Waals surface area contributed by atoms with Crippen molar-refractivity contribution >= 4 is 23.6 Å². The van der Waals surface area contributed by atoms with Crippen molar-refractivity contribution in [3.63, 3.8) is 0 Å². The van der Waals surface area contributed by atoms with Crippen molar-refractivity contribution in [2.45, 2.75) is 92.4 Å². The maximum atomic E-state index is 11.9. The van der Waals surface area contributed by atoms with Gasteiger partial charge in [-0.2, -0.15) is 0 Å². The van der Waals surface area contributed by atoms with Crippen LogP contribution in [0.5, 0.6) is 11.5 Å². The first-order valence-corrected chi connectivity index (χ1v) is 13.3. The van der Waals surface area contributed by atoms with Gasteiger partial charge < -0.3 is 26.0 Å². The number of rotatable bonds is 11. The van der Waals surface area contributed by atoms with Crippen LogP contribution in [0.1, 0.15) is 88.9 Å².